The number of halogens is 5. The molecule has 34 heavy (non-hydrogen) atoms. The van der Waals surface area contributed by atoms with Crippen molar-refractivity contribution in [2.24, 2.45) is 5.92 Å². The molecule has 1 saturated carbocycles. The molecule has 1 aliphatic rings. The van der Waals surface area contributed by atoms with Crippen molar-refractivity contribution in [3.63, 3.8) is 0 Å². The standard InChI is InChI=1S/C23H13Cl5N4O2/c24-12-5-11(6-13(25)7-12)19-20(23(19,27)28)22(34)31-14-3-4-18(26)17(8-14)21(33)32-16-2-1-15(9-29)30-10-16/h1-8,10,19-20H,(H,31,34)(H,32,33)/t19-,20+/m1/s1. The minimum Gasteiger partial charge on any atom is -0.326 e. The minimum atomic E-state index is -1.34. The van der Waals surface area contributed by atoms with Crippen LogP contribution in [0, 0.1) is 17.2 Å². The molecule has 0 spiro atoms. The largest absolute Gasteiger partial charge is 0.326 e. The van der Waals surface area contributed by atoms with Gasteiger partial charge in [0, 0.05) is 21.7 Å². The number of nitrogens with one attached hydrogen (secondary N) is 2. The topological polar surface area (TPSA) is 94.9 Å². The average Bonchev–Trinajstić information content (AvgIpc) is 3.37. The number of pyridine rings is 1. The molecule has 1 heterocycles. The molecular formula is C23H13Cl5N4O2. The summed E-state index contributed by atoms with van der Waals surface area (Å²) in [4.78, 5) is 29.6. The Kier molecular flexibility index (Phi) is 6.95. The van der Waals surface area contributed by atoms with E-state index in [4.69, 9.17) is 63.3 Å². The molecule has 0 bridgehead atoms. The molecule has 3 aromatic rings. The zero-order valence-corrected chi connectivity index (χ0v) is 20.7. The number of rotatable bonds is 5. The summed E-state index contributed by atoms with van der Waals surface area (Å²) in [6.07, 6.45) is 1.35. The van der Waals surface area contributed by atoms with E-state index in [1.165, 1.54) is 24.4 Å². The molecule has 0 saturated heterocycles. The smallest absolute Gasteiger partial charge is 0.257 e. The summed E-state index contributed by atoms with van der Waals surface area (Å²) in [6.45, 7) is 0. The number of nitriles is 1. The van der Waals surface area contributed by atoms with Crippen LogP contribution in [0.15, 0.2) is 54.7 Å². The van der Waals surface area contributed by atoms with Crippen molar-refractivity contribution in [2.45, 2.75) is 10.3 Å². The SMILES string of the molecule is N#Cc1ccc(NC(=O)c2cc(NC(=O)[C@@H]3[C@@H](c4cc(Cl)cc(Cl)c4)C3(Cl)Cl)ccc2Cl)cn1. The second kappa shape index (κ2) is 9.61. The van der Waals surface area contributed by atoms with E-state index < -0.39 is 28.0 Å². The van der Waals surface area contributed by atoms with Crippen molar-refractivity contribution in [2.75, 3.05) is 10.6 Å². The molecule has 1 aliphatic carbocycles. The molecule has 0 aliphatic heterocycles. The van der Waals surface area contributed by atoms with Crippen LogP contribution in [0.1, 0.15) is 27.5 Å². The van der Waals surface area contributed by atoms with Crippen molar-refractivity contribution in [3.05, 3.63) is 86.6 Å². The lowest BCUT2D eigenvalue weighted by Gasteiger charge is -2.10. The molecule has 6 nitrogen and oxygen atoms in total. The van der Waals surface area contributed by atoms with Crippen molar-refractivity contribution >= 4 is 81.2 Å². The first-order valence-corrected chi connectivity index (χ1v) is 11.6. The van der Waals surface area contributed by atoms with E-state index in [2.05, 4.69) is 15.6 Å². The molecule has 2 N–H and O–H groups in total. The summed E-state index contributed by atoms with van der Waals surface area (Å²) in [6, 6.07) is 14.3. The van der Waals surface area contributed by atoms with Crippen molar-refractivity contribution in [1.29, 1.82) is 5.26 Å². The van der Waals surface area contributed by atoms with E-state index in [1.807, 2.05) is 6.07 Å². The van der Waals surface area contributed by atoms with Gasteiger partial charge >= 0.3 is 0 Å². The predicted molar refractivity (Wildman–Crippen MR) is 134 cm³/mol. The maximum atomic E-state index is 12.9. The highest BCUT2D eigenvalue weighted by Gasteiger charge is 2.67. The molecule has 172 valence electrons. The second-order valence-corrected chi connectivity index (χ2v) is 10.2. The highest BCUT2D eigenvalue weighted by Crippen LogP contribution is 2.65. The number of nitrogens with zero attached hydrogens (tertiary/aromatic N) is 2. The van der Waals surface area contributed by atoms with Crippen LogP contribution in [-0.2, 0) is 4.79 Å². The van der Waals surface area contributed by atoms with Gasteiger partial charge in [-0.15, -0.1) is 23.2 Å². The van der Waals surface area contributed by atoms with Gasteiger partial charge in [0.05, 0.1) is 28.4 Å². The fourth-order valence-electron chi connectivity index (χ4n) is 3.55. The summed E-state index contributed by atoms with van der Waals surface area (Å²) in [5, 5.41) is 15.2. The Morgan fingerprint density at radius 3 is 2.24 bits per heavy atom. The fraction of sp³-hybridized carbons (Fsp3) is 0.130. The van der Waals surface area contributed by atoms with Crippen LogP contribution >= 0.6 is 58.0 Å². The van der Waals surface area contributed by atoms with Gasteiger partial charge in [0.2, 0.25) is 5.91 Å². The maximum Gasteiger partial charge on any atom is 0.257 e. The molecule has 0 unspecified atom stereocenters. The number of carbonyl (C=O) groups excluding carboxylic acids is 2. The van der Waals surface area contributed by atoms with Gasteiger partial charge in [0.15, 0.2) is 0 Å². The zero-order chi connectivity index (χ0) is 24.6. The highest BCUT2D eigenvalue weighted by atomic mass is 35.5. The normalized spacial score (nSPS) is 18.0. The Labute approximate surface area is 219 Å². The number of hydrogen-bond donors (Lipinski definition) is 2. The Morgan fingerprint density at radius 2 is 1.62 bits per heavy atom. The number of carbonyl (C=O) groups is 2. The van der Waals surface area contributed by atoms with Crippen molar-refractivity contribution in [3.8, 4) is 6.07 Å². The molecule has 2 atom stereocenters. The Balaban J connectivity index is 1.50. The van der Waals surface area contributed by atoms with E-state index in [-0.39, 0.29) is 16.3 Å². The Bertz CT molecular complexity index is 1320. The average molecular weight is 555 g/mol. The number of hydrogen-bond acceptors (Lipinski definition) is 4. The Hall–Kier alpha value is -2.53. The van der Waals surface area contributed by atoms with Crippen LogP contribution in [0.5, 0.6) is 0 Å². The number of benzene rings is 2. The van der Waals surface area contributed by atoms with E-state index in [9.17, 15) is 9.59 Å². The summed E-state index contributed by atoms with van der Waals surface area (Å²) in [5.41, 5.74) is 1.70. The van der Waals surface area contributed by atoms with Gasteiger partial charge in [-0.3, -0.25) is 9.59 Å². The van der Waals surface area contributed by atoms with E-state index in [0.29, 0.717) is 27.0 Å². The number of alkyl halides is 2. The van der Waals surface area contributed by atoms with Gasteiger partial charge in [-0.05, 0) is 54.1 Å². The van der Waals surface area contributed by atoms with Crippen LogP contribution < -0.4 is 10.6 Å². The molecule has 0 radical (unpaired) electrons. The monoisotopic (exact) mass is 552 g/mol. The predicted octanol–water partition coefficient (Wildman–Crippen LogP) is 6.69. The summed E-state index contributed by atoms with van der Waals surface area (Å²) < 4.78 is -1.34. The van der Waals surface area contributed by atoms with Gasteiger partial charge in [0.25, 0.3) is 5.91 Å². The molecule has 1 fully saturated rings. The second-order valence-electron chi connectivity index (χ2n) is 7.51. The van der Waals surface area contributed by atoms with E-state index in [0.717, 1.165) is 0 Å². The summed E-state index contributed by atoms with van der Waals surface area (Å²) >= 11 is 31.1. The molecular weight excluding hydrogens is 542 g/mol. The Morgan fingerprint density at radius 1 is 0.941 bits per heavy atom. The quantitative estimate of drug-likeness (QED) is 0.344. The number of aromatic nitrogens is 1. The van der Waals surface area contributed by atoms with Crippen LogP contribution in [0.4, 0.5) is 11.4 Å². The third-order valence-corrected chi connectivity index (χ3v) is 6.90. The van der Waals surface area contributed by atoms with Gasteiger partial charge in [-0.25, -0.2) is 4.98 Å². The van der Waals surface area contributed by atoms with Gasteiger partial charge < -0.3 is 10.6 Å². The molecule has 1 aromatic heterocycles. The van der Waals surface area contributed by atoms with Crippen LogP contribution in [-0.4, -0.2) is 21.1 Å². The highest BCUT2D eigenvalue weighted by molar-refractivity contribution is 6.53. The van der Waals surface area contributed by atoms with Crippen molar-refractivity contribution in [1.82, 2.24) is 4.98 Å². The van der Waals surface area contributed by atoms with E-state index in [1.54, 1.807) is 30.3 Å². The van der Waals surface area contributed by atoms with Crippen LogP contribution in [0.25, 0.3) is 0 Å². The maximum absolute atomic E-state index is 12.9. The first kappa shape index (κ1) is 24.6. The molecule has 2 aromatic carbocycles. The molecule has 11 heteroatoms. The number of amides is 2. The lowest BCUT2D eigenvalue weighted by Crippen LogP contribution is -2.18. The first-order chi connectivity index (χ1) is 16.1. The van der Waals surface area contributed by atoms with Gasteiger partial charge in [-0.2, -0.15) is 5.26 Å². The van der Waals surface area contributed by atoms with Gasteiger partial charge in [0.1, 0.15) is 16.1 Å². The lowest BCUT2D eigenvalue weighted by molar-refractivity contribution is -0.117. The fourth-order valence-corrected chi connectivity index (χ4v) is 5.13. The summed E-state index contributed by atoms with van der Waals surface area (Å²) in [7, 11) is 0. The number of anilines is 2. The molecule has 4 rings (SSSR count). The van der Waals surface area contributed by atoms with Crippen LogP contribution in [0.3, 0.4) is 0 Å². The van der Waals surface area contributed by atoms with E-state index >= 15 is 0 Å². The molecule has 2 amide bonds. The third-order valence-electron chi connectivity index (χ3n) is 5.19. The summed E-state index contributed by atoms with van der Waals surface area (Å²) in [5.74, 6) is -2.22. The zero-order valence-electron chi connectivity index (χ0n) is 17.0. The van der Waals surface area contributed by atoms with Gasteiger partial charge in [-0.1, -0.05) is 34.8 Å². The third kappa shape index (κ3) is 5.10. The van der Waals surface area contributed by atoms with Crippen molar-refractivity contribution < 1.29 is 9.59 Å². The first-order valence-electron chi connectivity index (χ1n) is 9.72. The minimum absolute atomic E-state index is 0.126. The lowest BCUT2D eigenvalue weighted by atomic mass is 10.1. The van der Waals surface area contributed by atoms with Crippen LogP contribution in [0.2, 0.25) is 15.1 Å².